The molecular formula is C26H27N2O+. The van der Waals surface area contributed by atoms with Gasteiger partial charge in [0, 0.05) is 38.9 Å². The van der Waals surface area contributed by atoms with Gasteiger partial charge in [0.1, 0.15) is 18.2 Å². The largest absolute Gasteiger partial charge is 0.466 e. The molecule has 0 amide bonds. The third-order valence-corrected chi connectivity index (χ3v) is 5.60. The molecule has 0 radical (unpaired) electrons. The molecule has 146 valence electrons. The third kappa shape index (κ3) is 2.83. The van der Waals surface area contributed by atoms with E-state index in [4.69, 9.17) is 22.0 Å². The second-order valence-electron chi connectivity index (χ2n) is 7.46. The smallest absolute Gasteiger partial charge is 0.229 e. The minimum Gasteiger partial charge on any atom is -0.466 e. The monoisotopic (exact) mass is 391 g/mol. The van der Waals surface area contributed by atoms with Crippen LogP contribution in [0.3, 0.4) is 0 Å². The standard InChI is InChI=1S/C26H27N2O/c1-14(2)19-12-21-20-10-9-15(3)24(26(20)29-25(21)22(13-19)27-7)23-11-16(4)17(5)18(6)28(23)8/h9-14H,1-6,8H3/q+1/i1D3,5D3,11D,14D. The van der Waals surface area contributed by atoms with E-state index in [1.165, 1.54) is 13.0 Å². The summed E-state index contributed by atoms with van der Waals surface area (Å²) in [5.41, 5.74) is 3.78. The van der Waals surface area contributed by atoms with Gasteiger partial charge >= 0.3 is 0 Å². The Morgan fingerprint density at radius 3 is 2.66 bits per heavy atom. The molecule has 0 aliphatic carbocycles. The molecule has 0 saturated carbocycles. The van der Waals surface area contributed by atoms with Crippen molar-refractivity contribution < 1.29 is 20.0 Å². The molecule has 4 rings (SSSR count). The molecule has 3 heteroatoms. The SMILES string of the molecule is [2H]c1c(C)c(C([2H])([2H])[2H])c(C)[n+](C)c1-c1c(C)ccc2c1oc1c([N+]#[C-])cc(C([2H])(C)C([2H])([2H])[2H])cc12. The van der Waals surface area contributed by atoms with Crippen LogP contribution in [0.4, 0.5) is 5.69 Å². The molecule has 4 aromatic rings. The van der Waals surface area contributed by atoms with Crippen LogP contribution in [0.5, 0.6) is 0 Å². The summed E-state index contributed by atoms with van der Waals surface area (Å²) < 4.78 is 72.8. The summed E-state index contributed by atoms with van der Waals surface area (Å²) in [6.07, 6.45) is 0. The molecule has 0 spiro atoms. The van der Waals surface area contributed by atoms with E-state index in [-0.39, 0.29) is 28.4 Å². The van der Waals surface area contributed by atoms with Gasteiger partial charge in [-0.3, -0.25) is 0 Å². The van der Waals surface area contributed by atoms with Gasteiger partial charge in [-0.25, -0.2) is 4.85 Å². The average Bonchev–Trinajstić information content (AvgIpc) is 3.15. The highest BCUT2D eigenvalue weighted by molar-refractivity contribution is 6.13. The fourth-order valence-electron chi connectivity index (χ4n) is 3.78. The van der Waals surface area contributed by atoms with Crippen LogP contribution in [-0.2, 0) is 7.05 Å². The highest BCUT2D eigenvalue weighted by Crippen LogP contribution is 2.42. The Hall–Kier alpha value is -3.12. The second-order valence-corrected chi connectivity index (χ2v) is 7.46. The number of hydrogen-bond acceptors (Lipinski definition) is 1. The zero-order valence-electron chi connectivity index (χ0n) is 25.1. The molecule has 0 aliphatic rings. The molecule has 2 heterocycles. The van der Waals surface area contributed by atoms with Crippen molar-refractivity contribution >= 4 is 27.6 Å². The summed E-state index contributed by atoms with van der Waals surface area (Å²) in [4.78, 5) is 3.56. The number of hydrogen-bond donors (Lipinski definition) is 0. The first-order chi connectivity index (χ1) is 16.9. The van der Waals surface area contributed by atoms with Crippen LogP contribution in [0, 0.1) is 34.2 Å². The van der Waals surface area contributed by atoms with Crippen LogP contribution in [-0.4, -0.2) is 0 Å². The van der Waals surface area contributed by atoms with Gasteiger partial charge < -0.3 is 4.42 Å². The first-order valence-electron chi connectivity index (χ1n) is 13.3. The van der Waals surface area contributed by atoms with E-state index >= 15 is 0 Å². The maximum Gasteiger partial charge on any atom is 0.229 e. The van der Waals surface area contributed by atoms with Gasteiger partial charge in [0.05, 0.1) is 13.5 Å². The maximum absolute atomic E-state index is 8.91. The van der Waals surface area contributed by atoms with Crippen molar-refractivity contribution in [2.45, 2.75) is 47.3 Å². The minimum atomic E-state index is -2.62. The number of pyridine rings is 1. The average molecular weight is 392 g/mol. The molecular weight excluding hydrogens is 356 g/mol. The molecule has 0 saturated heterocycles. The first-order valence-corrected chi connectivity index (χ1v) is 9.32. The van der Waals surface area contributed by atoms with Gasteiger partial charge in [-0.05, 0) is 49.9 Å². The molecule has 0 N–H and O–H groups in total. The van der Waals surface area contributed by atoms with Crippen molar-refractivity contribution in [2.24, 2.45) is 7.05 Å². The van der Waals surface area contributed by atoms with E-state index in [1.807, 2.05) is 19.1 Å². The number of aromatic nitrogens is 1. The van der Waals surface area contributed by atoms with Gasteiger partial charge in [0.2, 0.25) is 11.4 Å². The van der Waals surface area contributed by atoms with Crippen molar-refractivity contribution in [2.75, 3.05) is 0 Å². The summed E-state index contributed by atoms with van der Waals surface area (Å²) in [6.45, 7) is 9.20. The Morgan fingerprint density at radius 1 is 1.17 bits per heavy atom. The maximum atomic E-state index is 8.91. The molecule has 0 aliphatic heterocycles. The summed E-state index contributed by atoms with van der Waals surface area (Å²) >= 11 is 0. The van der Waals surface area contributed by atoms with Crippen molar-refractivity contribution in [3.8, 4) is 11.3 Å². The molecule has 0 fully saturated rings. The normalized spacial score (nSPS) is 18.5. The summed E-state index contributed by atoms with van der Waals surface area (Å²) in [5.74, 6) is -1.95. The Labute approximate surface area is 183 Å². The Morgan fingerprint density at radius 2 is 1.97 bits per heavy atom. The molecule has 2 aromatic carbocycles. The number of rotatable bonds is 2. The van der Waals surface area contributed by atoms with Crippen LogP contribution in [0.1, 0.15) is 58.6 Å². The predicted molar refractivity (Wildman–Crippen MR) is 120 cm³/mol. The van der Waals surface area contributed by atoms with Crippen molar-refractivity contribution in [1.29, 1.82) is 0 Å². The lowest BCUT2D eigenvalue weighted by atomic mass is 9.96. The van der Waals surface area contributed by atoms with Crippen LogP contribution in [0.15, 0.2) is 34.7 Å². The summed E-state index contributed by atoms with van der Waals surface area (Å²) in [6, 6.07) is 6.70. The topological polar surface area (TPSA) is 21.4 Å². The fourth-order valence-corrected chi connectivity index (χ4v) is 3.78. The minimum absolute atomic E-state index is 0.0579. The van der Waals surface area contributed by atoms with Gasteiger partial charge in [-0.15, -0.1) is 0 Å². The quantitative estimate of drug-likeness (QED) is 0.267. The van der Waals surface area contributed by atoms with Crippen LogP contribution in [0.25, 0.3) is 38.0 Å². The van der Waals surface area contributed by atoms with Gasteiger partial charge in [-0.2, -0.15) is 4.57 Å². The molecule has 2 aromatic heterocycles. The van der Waals surface area contributed by atoms with Crippen LogP contribution in [0.2, 0.25) is 0 Å². The van der Waals surface area contributed by atoms with Crippen molar-refractivity contribution in [1.82, 2.24) is 0 Å². The highest BCUT2D eigenvalue weighted by Gasteiger charge is 2.24. The number of aryl methyl sites for hydroxylation is 1. The lowest BCUT2D eigenvalue weighted by Crippen LogP contribution is -2.36. The molecule has 29 heavy (non-hydrogen) atoms. The Bertz CT molecular complexity index is 1610. The van der Waals surface area contributed by atoms with Gasteiger partial charge in [0.15, 0.2) is 5.69 Å². The van der Waals surface area contributed by atoms with Crippen LogP contribution >= 0.6 is 0 Å². The molecule has 1 atom stereocenters. The molecule has 1 unspecified atom stereocenters. The lowest BCUT2D eigenvalue weighted by molar-refractivity contribution is -0.667. The number of fused-ring (bicyclic) bond motifs is 3. The Balaban J connectivity index is 2.15. The Kier molecular flexibility index (Phi) is 2.74. The van der Waals surface area contributed by atoms with E-state index in [2.05, 4.69) is 4.85 Å². The van der Waals surface area contributed by atoms with E-state index < -0.39 is 19.6 Å². The van der Waals surface area contributed by atoms with Gasteiger partial charge in [0.25, 0.3) is 0 Å². The highest BCUT2D eigenvalue weighted by atomic mass is 16.3. The number of furan rings is 1. The molecule has 0 bridgehead atoms. The first kappa shape index (κ1) is 11.8. The van der Waals surface area contributed by atoms with Crippen molar-refractivity contribution in [3.05, 3.63) is 69.7 Å². The summed E-state index contributed by atoms with van der Waals surface area (Å²) in [7, 11) is 1.71. The van der Waals surface area contributed by atoms with E-state index in [9.17, 15) is 0 Å². The predicted octanol–water partition coefficient (Wildman–Crippen LogP) is 6.99. The van der Waals surface area contributed by atoms with Gasteiger partial charge in [-0.1, -0.05) is 31.5 Å². The van der Waals surface area contributed by atoms with E-state index in [1.54, 1.807) is 31.5 Å². The van der Waals surface area contributed by atoms with E-state index in [0.717, 1.165) is 5.56 Å². The third-order valence-electron chi connectivity index (χ3n) is 5.60. The van der Waals surface area contributed by atoms with Crippen LogP contribution < -0.4 is 4.57 Å². The zero-order chi connectivity index (χ0) is 27.8. The second kappa shape index (κ2) is 6.74. The lowest BCUT2D eigenvalue weighted by Gasteiger charge is -2.10. The van der Waals surface area contributed by atoms with E-state index in [0.29, 0.717) is 38.9 Å². The fraction of sp³-hybridized carbons (Fsp3) is 0.308. The molecule has 3 nitrogen and oxygen atoms in total. The number of nitrogens with zero attached hydrogens (tertiary/aromatic N) is 2. The van der Waals surface area contributed by atoms with Crippen molar-refractivity contribution in [3.63, 3.8) is 0 Å². The number of benzene rings is 2. The zero-order valence-corrected chi connectivity index (χ0v) is 17.1. The summed E-state index contributed by atoms with van der Waals surface area (Å²) in [5, 5.41) is 1.11.